The van der Waals surface area contributed by atoms with Gasteiger partial charge in [-0.3, -0.25) is 5.32 Å². The second-order valence-electron chi connectivity index (χ2n) is 6.83. The summed E-state index contributed by atoms with van der Waals surface area (Å²) >= 11 is 0. The molecule has 108 valence electrons. The molecule has 0 radical (unpaired) electrons. The lowest BCUT2D eigenvalue weighted by atomic mass is 9.93. The molecule has 0 aromatic heterocycles. The van der Waals surface area contributed by atoms with Crippen LogP contribution in [0.2, 0.25) is 0 Å². The Morgan fingerprint density at radius 3 is 2.63 bits per heavy atom. The summed E-state index contributed by atoms with van der Waals surface area (Å²) in [6.07, 6.45) is 6.40. The molecule has 0 aromatic carbocycles. The first kappa shape index (κ1) is 14.8. The van der Waals surface area contributed by atoms with Crippen molar-refractivity contribution in [3.05, 3.63) is 0 Å². The van der Waals surface area contributed by atoms with Crippen LogP contribution in [0.5, 0.6) is 0 Å². The topological polar surface area (TPSA) is 39.1 Å². The highest BCUT2D eigenvalue weighted by Gasteiger charge is 2.47. The third-order valence-corrected chi connectivity index (χ3v) is 4.56. The van der Waals surface area contributed by atoms with E-state index in [0.29, 0.717) is 12.0 Å². The molecule has 2 rings (SSSR count). The van der Waals surface area contributed by atoms with Gasteiger partial charge in [0.25, 0.3) is 0 Å². The van der Waals surface area contributed by atoms with Crippen LogP contribution >= 0.6 is 0 Å². The largest absolute Gasteiger partial charge is 0.300 e. The molecule has 1 N–H and O–H groups in total. The fourth-order valence-corrected chi connectivity index (χ4v) is 3.60. The number of rotatable bonds is 7. The van der Waals surface area contributed by atoms with Crippen molar-refractivity contribution in [2.24, 2.45) is 11.8 Å². The fraction of sp³-hybridized carbons (Fsp3) is 0.938. The van der Waals surface area contributed by atoms with E-state index in [9.17, 15) is 5.26 Å². The van der Waals surface area contributed by atoms with Crippen LogP contribution in [0.3, 0.4) is 0 Å². The number of hydrogen-bond donors (Lipinski definition) is 1. The van der Waals surface area contributed by atoms with Gasteiger partial charge in [-0.15, -0.1) is 0 Å². The molecule has 1 aliphatic heterocycles. The minimum atomic E-state index is -0.296. The number of hydrogen-bond acceptors (Lipinski definition) is 3. The zero-order valence-corrected chi connectivity index (χ0v) is 12.8. The van der Waals surface area contributed by atoms with Crippen molar-refractivity contribution >= 4 is 0 Å². The maximum Gasteiger partial charge on any atom is 0.122 e. The lowest BCUT2D eigenvalue weighted by Crippen LogP contribution is -2.56. The SMILES string of the molecule is CCCC1CCN(CC(C#N)(NC(C)C)C2CC2)C1. The van der Waals surface area contributed by atoms with E-state index in [1.807, 2.05) is 0 Å². The lowest BCUT2D eigenvalue weighted by molar-refractivity contribution is 0.211. The Hall–Kier alpha value is -0.590. The molecular formula is C16H29N3. The third kappa shape index (κ3) is 3.70. The van der Waals surface area contributed by atoms with Crippen molar-refractivity contribution in [1.29, 1.82) is 5.26 Å². The Morgan fingerprint density at radius 1 is 1.37 bits per heavy atom. The maximum atomic E-state index is 9.73. The van der Waals surface area contributed by atoms with E-state index in [1.165, 1.54) is 45.2 Å². The molecule has 0 spiro atoms. The van der Waals surface area contributed by atoms with Gasteiger partial charge in [-0.2, -0.15) is 5.26 Å². The molecule has 2 atom stereocenters. The van der Waals surface area contributed by atoms with E-state index in [0.717, 1.165) is 12.5 Å². The molecule has 19 heavy (non-hydrogen) atoms. The van der Waals surface area contributed by atoms with Crippen LogP contribution in [0.4, 0.5) is 0 Å². The highest BCUT2D eigenvalue weighted by Crippen LogP contribution is 2.41. The summed E-state index contributed by atoms with van der Waals surface area (Å²) < 4.78 is 0. The smallest absolute Gasteiger partial charge is 0.122 e. The van der Waals surface area contributed by atoms with Crippen LogP contribution in [-0.4, -0.2) is 36.1 Å². The first-order valence-corrected chi connectivity index (χ1v) is 8.01. The second kappa shape index (κ2) is 6.24. The van der Waals surface area contributed by atoms with Gasteiger partial charge in [0.2, 0.25) is 0 Å². The Morgan fingerprint density at radius 2 is 2.11 bits per heavy atom. The summed E-state index contributed by atoms with van der Waals surface area (Å²) in [4.78, 5) is 2.53. The number of nitrogens with zero attached hydrogens (tertiary/aromatic N) is 2. The Balaban J connectivity index is 1.95. The molecule has 1 saturated heterocycles. The van der Waals surface area contributed by atoms with E-state index < -0.39 is 0 Å². The Kier molecular flexibility index (Phi) is 4.86. The van der Waals surface area contributed by atoms with Gasteiger partial charge in [0.05, 0.1) is 6.07 Å². The standard InChI is InChI=1S/C16H29N3/c1-4-5-14-8-9-19(10-14)12-16(11-17,15-6-7-15)18-13(2)3/h13-15,18H,4-10,12H2,1-3H3. The number of likely N-dealkylation sites (tertiary alicyclic amines) is 1. The summed E-state index contributed by atoms with van der Waals surface area (Å²) in [5.74, 6) is 1.43. The maximum absolute atomic E-state index is 9.73. The van der Waals surface area contributed by atoms with E-state index in [1.54, 1.807) is 0 Å². The van der Waals surface area contributed by atoms with Gasteiger partial charge in [-0.25, -0.2) is 0 Å². The summed E-state index contributed by atoms with van der Waals surface area (Å²) in [5, 5.41) is 13.3. The summed E-state index contributed by atoms with van der Waals surface area (Å²) in [6.45, 7) is 9.88. The summed E-state index contributed by atoms with van der Waals surface area (Å²) in [6, 6.07) is 3.01. The van der Waals surface area contributed by atoms with Crippen molar-refractivity contribution in [1.82, 2.24) is 10.2 Å². The van der Waals surface area contributed by atoms with E-state index >= 15 is 0 Å². The van der Waals surface area contributed by atoms with Crippen LogP contribution in [0.1, 0.15) is 52.9 Å². The molecule has 1 aliphatic carbocycles. The highest BCUT2D eigenvalue weighted by molar-refractivity contribution is 5.17. The van der Waals surface area contributed by atoms with E-state index in [-0.39, 0.29) is 5.54 Å². The van der Waals surface area contributed by atoms with Gasteiger partial charge in [0, 0.05) is 19.1 Å². The van der Waals surface area contributed by atoms with Gasteiger partial charge in [-0.1, -0.05) is 13.3 Å². The van der Waals surface area contributed by atoms with Crippen LogP contribution in [0, 0.1) is 23.2 Å². The third-order valence-electron chi connectivity index (χ3n) is 4.56. The molecule has 3 heteroatoms. The first-order chi connectivity index (χ1) is 9.09. The predicted molar refractivity (Wildman–Crippen MR) is 78.8 cm³/mol. The Labute approximate surface area is 118 Å². The van der Waals surface area contributed by atoms with E-state index in [2.05, 4.69) is 37.1 Å². The molecule has 3 nitrogen and oxygen atoms in total. The molecule has 0 amide bonds. The van der Waals surface area contributed by atoms with Crippen LogP contribution in [0.25, 0.3) is 0 Å². The van der Waals surface area contributed by atoms with Gasteiger partial charge in [0.1, 0.15) is 5.54 Å². The highest BCUT2D eigenvalue weighted by atomic mass is 15.2. The summed E-state index contributed by atoms with van der Waals surface area (Å²) in [7, 11) is 0. The first-order valence-electron chi connectivity index (χ1n) is 8.01. The van der Waals surface area contributed by atoms with Crippen LogP contribution in [0.15, 0.2) is 0 Å². The minimum Gasteiger partial charge on any atom is -0.300 e. The minimum absolute atomic E-state index is 0.296. The van der Waals surface area contributed by atoms with Gasteiger partial charge in [0.15, 0.2) is 0 Å². The average molecular weight is 263 g/mol. The zero-order valence-electron chi connectivity index (χ0n) is 12.8. The quantitative estimate of drug-likeness (QED) is 0.767. The van der Waals surface area contributed by atoms with Crippen molar-refractivity contribution in [3.63, 3.8) is 0 Å². The molecule has 1 saturated carbocycles. The molecule has 2 unspecified atom stereocenters. The van der Waals surface area contributed by atoms with Crippen LogP contribution in [-0.2, 0) is 0 Å². The molecular weight excluding hydrogens is 234 g/mol. The molecule has 0 bridgehead atoms. The lowest BCUT2D eigenvalue weighted by Gasteiger charge is -2.34. The molecule has 2 aliphatic rings. The predicted octanol–water partition coefficient (Wildman–Crippen LogP) is 2.78. The Bertz CT molecular complexity index is 329. The number of nitrogens with one attached hydrogen (secondary N) is 1. The normalized spacial score (nSPS) is 27.4. The molecule has 2 fully saturated rings. The van der Waals surface area contributed by atoms with E-state index in [4.69, 9.17) is 0 Å². The average Bonchev–Trinajstić information content (AvgIpc) is 3.12. The fourth-order valence-electron chi connectivity index (χ4n) is 3.60. The zero-order chi connectivity index (χ0) is 13.9. The molecule has 0 aromatic rings. The van der Waals surface area contributed by atoms with Crippen molar-refractivity contribution < 1.29 is 0 Å². The van der Waals surface area contributed by atoms with Gasteiger partial charge < -0.3 is 4.90 Å². The van der Waals surface area contributed by atoms with Crippen LogP contribution < -0.4 is 5.32 Å². The molecule has 1 heterocycles. The summed E-state index contributed by atoms with van der Waals surface area (Å²) in [5.41, 5.74) is -0.296. The van der Waals surface area contributed by atoms with Crippen molar-refractivity contribution in [2.75, 3.05) is 19.6 Å². The second-order valence-corrected chi connectivity index (χ2v) is 6.83. The number of nitriles is 1. The van der Waals surface area contributed by atoms with Gasteiger partial charge >= 0.3 is 0 Å². The van der Waals surface area contributed by atoms with Gasteiger partial charge in [-0.05, 0) is 57.9 Å². The van der Waals surface area contributed by atoms with Crippen molar-refractivity contribution in [2.45, 2.75) is 64.5 Å². The monoisotopic (exact) mass is 263 g/mol. The van der Waals surface area contributed by atoms with Crippen molar-refractivity contribution in [3.8, 4) is 6.07 Å².